The lowest BCUT2D eigenvalue weighted by molar-refractivity contribution is -0.123. The van der Waals surface area contributed by atoms with Crippen molar-refractivity contribution in [2.24, 2.45) is 0 Å². The SMILES string of the molecule is COc1cccc(C(CNC(=O)C2CC(c3ccccc3)NN2)N(C)C)c1. The Kier molecular flexibility index (Phi) is 6.45. The highest BCUT2D eigenvalue weighted by atomic mass is 16.5. The smallest absolute Gasteiger partial charge is 0.238 e. The molecule has 144 valence electrons. The Morgan fingerprint density at radius 1 is 1.19 bits per heavy atom. The van der Waals surface area contributed by atoms with Crippen molar-refractivity contribution >= 4 is 5.91 Å². The van der Waals surface area contributed by atoms with E-state index in [2.05, 4.69) is 39.3 Å². The number of ether oxygens (including phenoxy) is 1. The number of methoxy groups -OCH3 is 1. The number of hydrogen-bond acceptors (Lipinski definition) is 5. The molecule has 3 N–H and O–H groups in total. The molecular weight excluding hydrogens is 340 g/mol. The second kappa shape index (κ2) is 8.99. The van der Waals surface area contributed by atoms with Crippen molar-refractivity contribution in [2.45, 2.75) is 24.5 Å². The van der Waals surface area contributed by atoms with E-state index in [1.807, 2.05) is 50.5 Å². The Bertz CT molecular complexity index is 751. The van der Waals surface area contributed by atoms with E-state index in [4.69, 9.17) is 4.74 Å². The first-order chi connectivity index (χ1) is 13.1. The first-order valence-corrected chi connectivity index (χ1v) is 9.22. The van der Waals surface area contributed by atoms with Gasteiger partial charge in [0.05, 0.1) is 13.2 Å². The molecule has 1 fully saturated rings. The summed E-state index contributed by atoms with van der Waals surface area (Å²) in [5, 5.41) is 3.09. The minimum atomic E-state index is -0.247. The largest absolute Gasteiger partial charge is 0.497 e. The molecule has 1 aliphatic rings. The van der Waals surface area contributed by atoms with E-state index in [1.54, 1.807) is 7.11 Å². The minimum absolute atomic E-state index is 0.00989. The van der Waals surface area contributed by atoms with E-state index in [0.717, 1.165) is 17.7 Å². The van der Waals surface area contributed by atoms with Crippen LogP contribution in [-0.2, 0) is 4.79 Å². The molecule has 2 aromatic rings. The molecule has 0 aliphatic carbocycles. The van der Waals surface area contributed by atoms with Gasteiger partial charge in [0.15, 0.2) is 0 Å². The molecule has 3 unspecified atom stereocenters. The zero-order chi connectivity index (χ0) is 19.2. The van der Waals surface area contributed by atoms with Gasteiger partial charge in [0, 0.05) is 12.6 Å². The van der Waals surface area contributed by atoms with Gasteiger partial charge in [0.2, 0.25) is 5.91 Å². The maximum absolute atomic E-state index is 12.6. The van der Waals surface area contributed by atoms with Crippen LogP contribution in [0.3, 0.4) is 0 Å². The van der Waals surface area contributed by atoms with E-state index in [-0.39, 0.29) is 24.0 Å². The third-order valence-electron chi connectivity index (χ3n) is 4.99. The topological polar surface area (TPSA) is 65.6 Å². The Labute approximate surface area is 160 Å². The van der Waals surface area contributed by atoms with Crippen molar-refractivity contribution in [1.29, 1.82) is 0 Å². The Hall–Kier alpha value is -2.41. The maximum Gasteiger partial charge on any atom is 0.238 e. The van der Waals surface area contributed by atoms with Crippen molar-refractivity contribution in [3.8, 4) is 5.75 Å². The highest BCUT2D eigenvalue weighted by Gasteiger charge is 2.30. The fourth-order valence-corrected chi connectivity index (χ4v) is 3.40. The van der Waals surface area contributed by atoms with Gasteiger partial charge in [-0.15, -0.1) is 0 Å². The predicted octanol–water partition coefficient (Wildman–Crippen LogP) is 2.02. The molecule has 0 spiro atoms. The Morgan fingerprint density at radius 2 is 1.96 bits per heavy atom. The molecule has 0 saturated carbocycles. The summed E-state index contributed by atoms with van der Waals surface area (Å²) in [6.45, 7) is 0.535. The molecule has 6 nitrogen and oxygen atoms in total. The molecule has 1 saturated heterocycles. The fraction of sp³-hybridized carbons (Fsp3) is 0.381. The van der Waals surface area contributed by atoms with Gasteiger partial charge >= 0.3 is 0 Å². The predicted molar refractivity (Wildman–Crippen MR) is 106 cm³/mol. The highest BCUT2D eigenvalue weighted by Crippen LogP contribution is 2.24. The molecule has 0 bridgehead atoms. The number of hydrazine groups is 1. The van der Waals surface area contributed by atoms with Crippen LogP contribution < -0.4 is 20.9 Å². The van der Waals surface area contributed by atoms with E-state index >= 15 is 0 Å². The van der Waals surface area contributed by atoms with Crippen LogP contribution in [-0.4, -0.2) is 44.6 Å². The summed E-state index contributed by atoms with van der Waals surface area (Å²) >= 11 is 0. The highest BCUT2D eigenvalue weighted by molar-refractivity contribution is 5.82. The van der Waals surface area contributed by atoms with Crippen molar-refractivity contribution in [1.82, 2.24) is 21.1 Å². The van der Waals surface area contributed by atoms with Gasteiger partial charge in [0.25, 0.3) is 0 Å². The molecule has 3 rings (SSSR count). The first-order valence-electron chi connectivity index (χ1n) is 9.22. The van der Waals surface area contributed by atoms with Crippen LogP contribution in [0, 0.1) is 0 Å². The van der Waals surface area contributed by atoms with E-state index in [1.165, 1.54) is 5.56 Å². The monoisotopic (exact) mass is 368 g/mol. The average molecular weight is 368 g/mol. The van der Waals surface area contributed by atoms with Crippen LogP contribution in [0.4, 0.5) is 0 Å². The quantitative estimate of drug-likeness (QED) is 0.698. The molecule has 1 heterocycles. The minimum Gasteiger partial charge on any atom is -0.497 e. The number of benzene rings is 2. The Balaban J connectivity index is 1.58. The van der Waals surface area contributed by atoms with Gasteiger partial charge in [-0.2, -0.15) is 0 Å². The number of hydrogen-bond donors (Lipinski definition) is 3. The van der Waals surface area contributed by atoms with E-state index < -0.39 is 0 Å². The zero-order valence-electron chi connectivity index (χ0n) is 16.1. The first kappa shape index (κ1) is 19.4. The lowest BCUT2D eigenvalue weighted by atomic mass is 10.0. The number of rotatable bonds is 7. The van der Waals surface area contributed by atoms with Crippen molar-refractivity contribution < 1.29 is 9.53 Å². The van der Waals surface area contributed by atoms with Crippen LogP contribution in [0.25, 0.3) is 0 Å². The molecule has 0 radical (unpaired) electrons. The van der Waals surface area contributed by atoms with Gasteiger partial charge in [-0.1, -0.05) is 42.5 Å². The molecule has 0 aromatic heterocycles. The molecule has 6 heteroatoms. The van der Waals surface area contributed by atoms with Gasteiger partial charge in [-0.25, -0.2) is 10.9 Å². The second-order valence-electron chi connectivity index (χ2n) is 7.04. The molecule has 3 atom stereocenters. The summed E-state index contributed by atoms with van der Waals surface area (Å²) in [4.78, 5) is 14.7. The molecule has 1 amide bonds. The lowest BCUT2D eigenvalue weighted by Gasteiger charge is -2.26. The van der Waals surface area contributed by atoms with Gasteiger partial charge < -0.3 is 15.0 Å². The van der Waals surface area contributed by atoms with E-state index in [0.29, 0.717) is 6.54 Å². The van der Waals surface area contributed by atoms with Crippen LogP contribution in [0.15, 0.2) is 54.6 Å². The molecule has 1 aliphatic heterocycles. The number of carbonyl (C=O) groups is 1. The Morgan fingerprint density at radius 3 is 2.67 bits per heavy atom. The van der Waals surface area contributed by atoms with Crippen LogP contribution in [0.5, 0.6) is 5.75 Å². The van der Waals surface area contributed by atoms with E-state index in [9.17, 15) is 4.79 Å². The van der Waals surface area contributed by atoms with Crippen LogP contribution >= 0.6 is 0 Å². The van der Waals surface area contributed by atoms with Crippen LogP contribution in [0.1, 0.15) is 29.6 Å². The normalized spacial score (nSPS) is 20.4. The standard InChI is InChI=1S/C21H28N4O2/c1-25(2)20(16-10-7-11-17(12-16)27-3)14-22-21(26)19-13-18(23-24-19)15-8-5-4-6-9-15/h4-12,18-20,23-24H,13-14H2,1-3H3,(H,22,26). The summed E-state index contributed by atoms with van der Waals surface area (Å²) in [5.41, 5.74) is 8.64. The number of nitrogens with one attached hydrogen (secondary N) is 3. The van der Waals surface area contributed by atoms with Crippen molar-refractivity contribution in [3.63, 3.8) is 0 Å². The maximum atomic E-state index is 12.6. The molecule has 2 aromatic carbocycles. The third-order valence-corrected chi connectivity index (χ3v) is 4.99. The van der Waals surface area contributed by atoms with Gasteiger partial charge in [-0.3, -0.25) is 4.79 Å². The summed E-state index contributed by atoms with van der Waals surface area (Å²) < 4.78 is 5.32. The number of amides is 1. The third kappa shape index (κ3) is 4.86. The van der Waals surface area contributed by atoms with Crippen LogP contribution in [0.2, 0.25) is 0 Å². The fourth-order valence-electron chi connectivity index (χ4n) is 3.40. The molecule has 27 heavy (non-hydrogen) atoms. The van der Waals surface area contributed by atoms with Crippen molar-refractivity contribution in [3.05, 3.63) is 65.7 Å². The zero-order valence-corrected chi connectivity index (χ0v) is 16.1. The number of carbonyl (C=O) groups excluding carboxylic acids is 1. The lowest BCUT2D eigenvalue weighted by Crippen LogP contribution is -2.45. The second-order valence-corrected chi connectivity index (χ2v) is 7.04. The van der Waals surface area contributed by atoms with Crippen molar-refractivity contribution in [2.75, 3.05) is 27.7 Å². The summed E-state index contributed by atoms with van der Waals surface area (Å²) in [5.74, 6) is 0.828. The summed E-state index contributed by atoms with van der Waals surface area (Å²) in [6.07, 6.45) is 0.724. The van der Waals surface area contributed by atoms with Gasteiger partial charge in [-0.05, 0) is 43.8 Å². The molecular formula is C21H28N4O2. The number of nitrogens with zero attached hydrogens (tertiary/aromatic N) is 1. The summed E-state index contributed by atoms with van der Waals surface area (Å²) in [7, 11) is 5.68. The van der Waals surface area contributed by atoms with Gasteiger partial charge in [0.1, 0.15) is 11.8 Å². The average Bonchev–Trinajstić information content (AvgIpc) is 3.19. The summed E-state index contributed by atoms with van der Waals surface area (Å²) in [6, 6.07) is 18.1. The number of likely N-dealkylation sites (N-methyl/N-ethyl adjacent to an activating group) is 1.